The lowest BCUT2D eigenvalue weighted by Crippen LogP contribution is -2.41. The largest absolute Gasteiger partial charge is 0.494 e. The molecule has 0 saturated carbocycles. The predicted octanol–water partition coefficient (Wildman–Crippen LogP) is 4.24. The fourth-order valence-corrected chi connectivity index (χ4v) is 5.61. The number of carbonyl (C=O) groups is 2. The molecular formula is C28H26ClFN4O5S. The molecule has 0 bridgehead atoms. The van der Waals surface area contributed by atoms with Gasteiger partial charge in [-0.1, -0.05) is 11.6 Å². The number of primary amides is 1. The lowest BCUT2D eigenvalue weighted by Gasteiger charge is -2.26. The first-order chi connectivity index (χ1) is 18.8. The van der Waals surface area contributed by atoms with Crippen LogP contribution in [0.1, 0.15) is 40.5 Å². The first-order valence-electron chi connectivity index (χ1n) is 12.2. The highest BCUT2D eigenvalue weighted by atomic mass is 35.5. The number of carbonyl (C=O) groups excluding carboxylic acids is 2. The lowest BCUT2D eigenvalue weighted by atomic mass is 9.82. The molecule has 0 fully saturated rings. The minimum Gasteiger partial charge on any atom is -0.494 e. The summed E-state index contributed by atoms with van der Waals surface area (Å²) in [5.74, 6) is -0.926. The zero-order valence-corrected chi connectivity index (χ0v) is 23.7. The number of hydrogen-bond donors (Lipinski definition) is 3. The molecule has 2 amide bonds. The van der Waals surface area contributed by atoms with E-state index >= 15 is 0 Å². The molecule has 2 aromatic heterocycles. The first kappa shape index (κ1) is 27.8. The fraction of sp³-hybridized carbons (Fsp3) is 0.286. The molecule has 0 saturated heterocycles. The van der Waals surface area contributed by atoms with Crippen molar-refractivity contribution < 1.29 is 28.6 Å². The Morgan fingerprint density at radius 2 is 2.05 bits per heavy atom. The molecule has 4 N–H and O–H groups in total. The summed E-state index contributed by atoms with van der Waals surface area (Å²) in [4.78, 5) is 34.6. The number of aryl methyl sites for hydroxylation is 1. The number of rotatable bonds is 7. The number of nitrogens with two attached hydrogens (primary N) is 1. The minimum absolute atomic E-state index is 0.0367. The van der Waals surface area contributed by atoms with Gasteiger partial charge in [0.15, 0.2) is 0 Å². The average Bonchev–Trinajstić information content (AvgIpc) is 3.47. The van der Waals surface area contributed by atoms with E-state index < -0.39 is 28.6 Å². The van der Waals surface area contributed by atoms with Crippen LogP contribution in [0, 0.1) is 12.7 Å². The van der Waals surface area contributed by atoms with Crippen molar-refractivity contribution in [1.29, 1.82) is 0 Å². The van der Waals surface area contributed by atoms with Crippen LogP contribution in [0.4, 0.5) is 4.39 Å². The van der Waals surface area contributed by atoms with E-state index in [0.29, 0.717) is 28.0 Å². The Balaban J connectivity index is 1.51. The maximum atomic E-state index is 13.9. The smallest absolute Gasteiger partial charge is 0.251 e. The Morgan fingerprint density at radius 1 is 1.30 bits per heavy atom. The van der Waals surface area contributed by atoms with E-state index in [4.69, 9.17) is 26.8 Å². The summed E-state index contributed by atoms with van der Waals surface area (Å²) in [6.07, 6.45) is 0. The van der Waals surface area contributed by atoms with Crippen molar-refractivity contribution >= 4 is 45.0 Å². The van der Waals surface area contributed by atoms with E-state index in [9.17, 15) is 19.1 Å². The third-order valence-electron chi connectivity index (χ3n) is 7.00. The summed E-state index contributed by atoms with van der Waals surface area (Å²) in [7, 11) is 1.50. The third kappa shape index (κ3) is 4.74. The number of aliphatic hydroxyl groups is 1. The molecule has 0 spiro atoms. The van der Waals surface area contributed by atoms with Crippen LogP contribution in [0.5, 0.6) is 11.5 Å². The van der Waals surface area contributed by atoms with Crippen LogP contribution in [0.3, 0.4) is 0 Å². The van der Waals surface area contributed by atoms with E-state index in [2.05, 4.69) is 15.3 Å². The normalized spacial score (nSPS) is 17.7. The molecule has 4 aromatic rings. The summed E-state index contributed by atoms with van der Waals surface area (Å²) in [6, 6.07) is 8.89. The van der Waals surface area contributed by atoms with Crippen molar-refractivity contribution in [3.8, 4) is 22.8 Å². The topological polar surface area (TPSA) is 137 Å². The number of aromatic nitrogens is 2. The number of pyridine rings is 1. The van der Waals surface area contributed by atoms with Crippen molar-refractivity contribution in [3.05, 3.63) is 69.1 Å². The Bertz CT molecular complexity index is 1690. The molecule has 1 aliphatic rings. The number of hydrogen-bond acceptors (Lipinski definition) is 8. The van der Waals surface area contributed by atoms with E-state index in [1.165, 1.54) is 43.6 Å². The molecule has 1 aliphatic heterocycles. The van der Waals surface area contributed by atoms with Gasteiger partial charge in [0.05, 0.1) is 34.1 Å². The third-order valence-corrected chi connectivity index (χ3v) is 8.21. The number of amides is 2. The number of ether oxygens (including phenoxy) is 2. The van der Waals surface area contributed by atoms with Gasteiger partial charge in [-0.15, -0.1) is 11.3 Å². The number of halogens is 2. The van der Waals surface area contributed by atoms with Crippen molar-refractivity contribution in [2.45, 2.75) is 31.8 Å². The molecular weight excluding hydrogens is 559 g/mol. The van der Waals surface area contributed by atoms with Gasteiger partial charge in [0, 0.05) is 16.7 Å². The number of benzene rings is 2. The second kappa shape index (κ2) is 9.99. The molecule has 9 nitrogen and oxygen atoms in total. The summed E-state index contributed by atoms with van der Waals surface area (Å²) in [5.41, 5.74) is 5.06. The van der Waals surface area contributed by atoms with Crippen LogP contribution in [-0.4, -0.2) is 47.2 Å². The Hall–Kier alpha value is -3.80. The maximum absolute atomic E-state index is 13.9. The molecule has 2 aromatic carbocycles. The van der Waals surface area contributed by atoms with Gasteiger partial charge in [-0.3, -0.25) is 9.59 Å². The quantitative estimate of drug-likeness (QED) is 0.295. The fourth-order valence-electron chi connectivity index (χ4n) is 4.54. The molecule has 40 heavy (non-hydrogen) atoms. The summed E-state index contributed by atoms with van der Waals surface area (Å²) in [6.45, 7) is 4.72. The van der Waals surface area contributed by atoms with Gasteiger partial charge in [0.25, 0.3) is 5.91 Å². The average molecular weight is 585 g/mol. The number of thiazole rings is 1. The van der Waals surface area contributed by atoms with Gasteiger partial charge in [0.2, 0.25) is 5.91 Å². The van der Waals surface area contributed by atoms with E-state index in [-0.39, 0.29) is 35.3 Å². The molecule has 0 aliphatic carbocycles. The van der Waals surface area contributed by atoms with Gasteiger partial charge < -0.3 is 25.6 Å². The van der Waals surface area contributed by atoms with E-state index in [0.717, 1.165) is 9.71 Å². The van der Waals surface area contributed by atoms with Crippen molar-refractivity contribution in [2.75, 3.05) is 20.3 Å². The van der Waals surface area contributed by atoms with E-state index in [1.54, 1.807) is 25.1 Å². The molecule has 0 radical (unpaired) electrons. The molecule has 2 atom stereocenters. The minimum atomic E-state index is -1.69. The Morgan fingerprint density at radius 3 is 2.73 bits per heavy atom. The number of fused-ring (bicyclic) bond motifs is 2. The van der Waals surface area contributed by atoms with Gasteiger partial charge in [-0.2, -0.15) is 0 Å². The van der Waals surface area contributed by atoms with Crippen LogP contribution in [0.25, 0.3) is 21.5 Å². The molecule has 208 valence electrons. The maximum Gasteiger partial charge on any atom is 0.251 e. The highest BCUT2D eigenvalue weighted by Gasteiger charge is 2.45. The van der Waals surface area contributed by atoms with Gasteiger partial charge in [-0.25, -0.2) is 14.4 Å². The Kier molecular flexibility index (Phi) is 6.93. The highest BCUT2D eigenvalue weighted by Crippen LogP contribution is 2.46. The van der Waals surface area contributed by atoms with Gasteiger partial charge in [0.1, 0.15) is 46.1 Å². The lowest BCUT2D eigenvalue weighted by molar-refractivity contribution is -0.123. The van der Waals surface area contributed by atoms with Gasteiger partial charge in [-0.05, 0) is 57.2 Å². The van der Waals surface area contributed by atoms with Crippen molar-refractivity contribution in [3.63, 3.8) is 0 Å². The zero-order chi connectivity index (χ0) is 29.0. The van der Waals surface area contributed by atoms with Crippen LogP contribution in [0.15, 0.2) is 36.4 Å². The molecule has 3 heterocycles. The number of nitrogens with zero attached hydrogens (tertiary/aromatic N) is 2. The SMILES string of the molecule is COc1cc(C(=O)NC[C@](C)(O)c2cc3c(c(-c4ccc(F)c(Cl)c4)n2)OC[C@]3(C)C(N)=O)cc2sc(C)nc12. The molecule has 5 rings (SSSR count). The van der Waals surface area contributed by atoms with E-state index in [1.807, 2.05) is 6.92 Å². The summed E-state index contributed by atoms with van der Waals surface area (Å²) in [5, 5.41) is 15.0. The Labute approximate surface area is 238 Å². The molecule has 0 unspecified atom stereocenters. The zero-order valence-electron chi connectivity index (χ0n) is 22.1. The highest BCUT2D eigenvalue weighted by molar-refractivity contribution is 7.18. The second-order valence-electron chi connectivity index (χ2n) is 10.1. The van der Waals surface area contributed by atoms with Crippen LogP contribution < -0.4 is 20.5 Å². The number of methoxy groups -OCH3 is 1. The summed E-state index contributed by atoms with van der Waals surface area (Å²) < 4.78 is 26.0. The van der Waals surface area contributed by atoms with Crippen LogP contribution in [-0.2, 0) is 15.8 Å². The van der Waals surface area contributed by atoms with Crippen LogP contribution >= 0.6 is 22.9 Å². The summed E-state index contributed by atoms with van der Waals surface area (Å²) >= 11 is 7.46. The molecule has 12 heteroatoms. The van der Waals surface area contributed by atoms with Gasteiger partial charge >= 0.3 is 0 Å². The second-order valence-corrected chi connectivity index (χ2v) is 11.7. The monoisotopic (exact) mass is 584 g/mol. The predicted molar refractivity (Wildman–Crippen MR) is 149 cm³/mol. The van der Waals surface area contributed by atoms with Crippen molar-refractivity contribution in [2.24, 2.45) is 5.73 Å². The standard InChI is InChI=1S/C28H26ClFN4O5S/c1-13-33-23-19(38-4)8-15(9-20(23)40-13)25(35)32-11-28(3,37)21-10-16-24(39-12-27(16,2)26(31)36)22(34-21)14-5-6-18(30)17(29)7-14/h5-10,37H,11-12H2,1-4H3,(H2,31,36)(H,32,35)/t27-,28-/m0/s1. The van der Waals surface area contributed by atoms with Crippen molar-refractivity contribution in [1.82, 2.24) is 15.3 Å². The van der Waals surface area contributed by atoms with Crippen LogP contribution in [0.2, 0.25) is 5.02 Å². The first-order valence-corrected chi connectivity index (χ1v) is 13.4. The number of nitrogens with one attached hydrogen (secondary N) is 1.